The minimum Gasteiger partial charge on any atom is -0.550 e. The molecule has 0 radical (unpaired) electrons. The number of aryl methyl sites for hydroxylation is 2. The minimum absolute atomic E-state index is 0.861. The zero-order valence-electron chi connectivity index (χ0n) is 17.5. The van der Waals surface area contributed by atoms with Crippen molar-refractivity contribution in [3.63, 3.8) is 0 Å². The summed E-state index contributed by atoms with van der Waals surface area (Å²) in [5.74, 6) is -1.08. The Morgan fingerprint density at radius 1 is 1.20 bits per heavy atom. The molecule has 0 atom stereocenters. The Morgan fingerprint density at radius 2 is 1.87 bits per heavy atom. The number of carbonyl (C=O) groups is 1. The number of carboxylic acid groups (broad SMARTS) is 1. The smallest absolute Gasteiger partial charge is 0.409 e. The van der Waals surface area contributed by atoms with Crippen molar-refractivity contribution in [1.82, 2.24) is 0 Å². The van der Waals surface area contributed by atoms with Crippen molar-refractivity contribution in [2.24, 2.45) is 17.3 Å². The van der Waals surface area contributed by atoms with Crippen molar-refractivity contribution in [3.8, 4) is 0 Å². The number of nitrogens with zero attached hydrogens (tertiary/aromatic N) is 4. The highest BCUT2D eigenvalue weighted by Gasteiger charge is 2.13. The first-order chi connectivity index (χ1) is 14.3. The monoisotopic (exact) mass is 488 g/mol. The average Bonchev–Trinajstić information content (AvgIpc) is 3.02. The number of benzene rings is 2. The predicted molar refractivity (Wildman–Crippen MR) is 122 cm³/mol. The van der Waals surface area contributed by atoms with Gasteiger partial charge < -0.3 is 14.8 Å². The molecule has 0 spiro atoms. The van der Waals surface area contributed by atoms with E-state index in [9.17, 15) is 0 Å². The lowest BCUT2D eigenvalue weighted by molar-refractivity contribution is -0.654. The molecule has 0 aliphatic carbocycles. The molecule has 0 aliphatic rings. The third-order valence-electron chi connectivity index (χ3n) is 4.17. The molecule has 3 rings (SSSR count). The summed E-state index contributed by atoms with van der Waals surface area (Å²) in [6, 6.07) is 16.9. The zero-order chi connectivity index (χ0) is 22.1. The van der Waals surface area contributed by atoms with Crippen LogP contribution in [0.25, 0.3) is 0 Å². The lowest BCUT2D eigenvalue weighted by Crippen LogP contribution is -2.23. The second-order valence-electron chi connectivity index (χ2n) is 6.59. The maximum atomic E-state index is 8.89. The number of hydrogen-bond donors (Lipinski definition) is 0. The van der Waals surface area contributed by atoms with E-state index in [2.05, 4.69) is 87.4 Å². The van der Waals surface area contributed by atoms with Gasteiger partial charge in [-0.25, -0.2) is 4.57 Å². The molecule has 6 nitrogen and oxygen atoms in total. The number of aromatic nitrogens is 1. The number of carbonyl (C=O) groups excluding carboxylic acids is 1. The fraction of sp³-hybridized carbons (Fsp3) is 0.273. The van der Waals surface area contributed by atoms with Gasteiger partial charge in [-0.1, -0.05) is 30.3 Å². The highest BCUT2D eigenvalue weighted by atomic mass is 79.9. The largest absolute Gasteiger partial charge is 0.550 e. The van der Waals surface area contributed by atoms with Crippen molar-refractivity contribution in [2.45, 2.75) is 27.3 Å². The lowest BCUT2D eigenvalue weighted by Gasteiger charge is -2.23. The molecule has 8 heteroatoms. The van der Waals surface area contributed by atoms with Crippen molar-refractivity contribution >= 4 is 49.7 Å². The summed E-state index contributed by atoms with van der Waals surface area (Å²) in [5.41, 5.74) is 4.54. The van der Waals surface area contributed by atoms with E-state index in [0.717, 1.165) is 40.2 Å². The maximum Gasteiger partial charge on any atom is 0.409 e. The van der Waals surface area contributed by atoms with Crippen molar-refractivity contribution in [3.05, 3.63) is 69.6 Å². The summed E-state index contributed by atoms with van der Waals surface area (Å²) in [6.07, 6.45) is 1.98. The van der Waals surface area contributed by atoms with E-state index in [1.54, 1.807) is 11.3 Å². The SMILES string of the molecule is CC(=O)[O-].CCN(Cc1ccccc1)c1ccc(/N=N/c2sc(Br)c[n+]2C)c(C)c1. The molecular weight excluding hydrogens is 464 g/mol. The number of anilines is 1. The molecule has 30 heavy (non-hydrogen) atoms. The number of rotatable bonds is 6. The van der Waals surface area contributed by atoms with Crippen LogP contribution in [0.5, 0.6) is 0 Å². The Kier molecular flexibility index (Phi) is 9.14. The molecule has 158 valence electrons. The first-order valence-electron chi connectivity index (χ1n) is 9.44. The first-order valence-corrected chi connectivity index (χ1v) is 11.0. The molecule has 0 N–H and O–H groups in total. The molecule has 0 aliphatic heterocycles. The van der Waals surface area contributed by atoms with Gasteiger partial charge in [0.15, 0.2) is 0 Å². The summed E-state index contributed by atoms with van der Waals surface area (Å²) >= 11 is 5.04. The number of carboxylic acids is 1. The Morgan fingerprint density at radius 3 is 2.40 bits per heavy atom. The maximum absolute atomic E-state index is 8.89. The molecule has 1 heterocycles. The van der Waals surface area contributed by atoms with E-state index >= 15 is 0 Å². The summed E-state index contributed by atoms with van der Waals surface area (Å²) in [7, 11) is 1.97. The summed E-state index contributed by atoms with van der Waals surface area (Å²) < 4.78 is 3.00. The molecule has 0 fully saturated rings. The second kappa shape index (κ2) is 11.6. The number of thiazole rings is 1. The summed E-state index contributed by atoms with van der Waals surface area (Å²) in [4.78, 5) is 11.2. The van der Waals surface area contributed by atoms with Gasteiger partial charge in [0.25, 0.3) is 0 Å². The Balaban J connectivity index is 0.000000735. The van der Waals surface area contributed by atoms with Gasteiger partial charge in [0.05, 0.1) is 12.2 Å². The van der Waals surface area contributed by atoms with E-state index < -0.39 is 5.97 Å². The fourth-order valence-corrected chi connectivity index (χ4v) is 4.12. The van der Waals surface area contributed by atoms with Crippen LogP contribution in [-0.2, 0) is 18.4 Å². The topological polar surface area (TPSA) is 72.0 Å². The van der Waals surface area contributed by atoms with Crippen LogP contribution < -0.4 is 14.6 Å². The molecule has 3 aromatic rings. The van der Waals surface area contributed by atoms with Gasteiger partial charge in [-0.2, -0.15) is 0 Å². The molecule has 0 bridgehead atoms. The van der Waals surface area contributed by atoms with E-state index in [1.165, 1.54) is 11.3 Å². The Bertz CT molecular complexity index is 1000. The molecule has 0 amide bonds. The van der Waals surface area contributed by atoms with E-state index in [1.807, 2.05) is 23.9 Å². The summed E-state index contributed by atoms with van der Waals surface area (Å²) in [5, 5.41) is 18.6. The highest BCUT2D eigenvalue weighted by molar-refractivity contribution is 9.11. The number of azo groups is 1. The van der Waals surface area contributed by atoms with Crippen molar-refractivity contribution in [2.75, 3.05) is 11.4 Å². The minimum atomic E-state index is -1.08. The molecule has 2 aromatic carbocycles. The standard InChI is InChI=1S/C20H22BrN4S.C2H4O2/c1-4-25(13-16-8-6-5-7-9-16)17-10-11-18(15(2)12-17)22-23-20-24(3)14-19(21)26-20;1-2(3)4/h5-12,14H,4,13H2,1-3H3;1H3,(H,3,4)/q+1;/p-1. The molecule has 0 saturated carbocycles. The number of hydrogen-bond acceptors (Lipinski definition) is 6. The van der Waals surface area contributed by atoms with Gasteiger partial charge >= 0.3 is 5.13 Å². The fourth-order valence-electron chi connectivity index (χ4n) is 2.72. The lowest BCUT2D eigenvalue weighted by atomic mass is 10.1. The number of aliphatic carboxylic acids is 1. The van der Waals surface area contributed by atoms with Crippen LogP contribution in [0, 0.1) is 6.92 Å². The first kappa shape index (κ1) is 23.7. The van der Waals surface area contributed by atoms with Gasteiger partial charge in [-0.15, -0.1) is 0 Å². The van der Waals surface area contributed by atoms with Gasteiger partial charge in [0.2, 0.25) is 0 Å². The van der Waals surface area contributed by atoms with Crippen LogP contribution in [-0.4, -0.2) is 12.5 Å². The van der Waals surface area contributed by atoms with Crippen LogP contribution in [0.15, 0.2) is 68.7 Å². The number of halogens is 1. The van der Waals surface area contributed by atoms with Gasteiger partial charge in [-0.05, 0) is 82.5 Å². The van der Waals surface area contributed by atoms with Crippen LogP contribution in [0.1, 0.15) is 25.0 Å². The zero-order valence-corrected chi connectivity index (χ0v) is 19.9. The second-order valence-corrected chi connectivity index (χ2v) is 8.98. The Hall–Kier alpha value is -2.58. The van der Waals surface area contributed by atoms with Gasteiger partial charge in [0.1, 0.15) is 15.7 Å². The quantitative estimate of drug-likeness (QED) is 0.368. The van der Waals surface area contributed by atoms with Gasteiger partial charge in [-0.3, -0.25) is 0 Å². The third-order valence-corrected chi connectivity index (χ3v) is 5.72. The molecule has 0 saturated heterocycles. The van der Waals surface area contributed by atoms with E-state index in [4.69, 9.17) is 9.90 Å². The Labute approximate surface area is 189 Å². The average molecular weight is 489 g/mol. The predicted octanol–water partition coefficient (Wildman–Crippen LogP) is 4.84. The molecule has 1 aromatic heterocycles. The van der Waals surface area contributed by atoms with Crippen LogP contribution in [0.4, 0.5) is 16.5 Å². The van der Waals surface area contributed by atoms with Gasteiger partial charge in [0, 0.05) is 24.7 Å². The highest BCUT2D eigenvalue weighted by Crippen LogP contribution is 2.29. The van der Waals surface area contributed by atoms with Crippen LogP contribution >= 0.6 is 27.3 Å². The van der Waals surface area contributed by atoms with Crippen molar-refractivity contribution < 1.29 is 14.5 Å². The van der Waals surface area contributed by atoms with E-state index in [0.29, 0.717) is 0 Å². The molecular formula is C22H25BrN4O2S. The molecule has 0 unspecified atom stereocenters. The van der Waals surface area contributed by atoms with Crippen LogP contribution in [0.2, 0.25) is 0 Å². The van der Waals surface area contributed by atoms with Crippen LogP contribution in [0.3, 0.4) is 0 Å². The summed E-state index contributed by atoms with van der Waals surface area (Å²) in [6.45, 7) is 7.09. The normalized spacial score (nSPS) is 10.6. The third kappa shape index (κ3) is 7.35. The van der Waals surface area contributed by atoms with E-state index in [-0.39, 0.29) is 0 Å². The van der Waals surface area contributed by atoms with Crippen molar-refractivity contribution in [1.29, 1.82) is 0 Å².